The van der Waals surface area contributed by atoms with E-state index < -0.39 is 0 Å². The van der Waals surface area contributed by atoms with Crippen molar-refractivity contribution in [3.05, 3.63) is 47.0 Å². The molecule has 0 spiro atoms. The van der Waals surface area contributed by atoms with Gasteiger partial charge in [-0.2, -0.15) is 5.10 Å². The zero-order valence-corrected chi connectivity index (χ0v) is 17.5. The zero-order chi connectivity index (χ0) is 21.8. The molecule has 3 aromatic heterocycles. The van der Waals surface area contributed by atoms with Gasteiger partial charge in [-0.3, -0.25) is 23.8 Å². The molecule has 10 heteroatoms. The van der Waals surface area contributed by atoms with E-state index in [4.69, 9.17) is 0 Å². The molecule has 30 heavy (non-hydrogen) atoms. The van der Waals surface area contributed by atoms with Crippen LogP contribution in [-0.4, -0.2) is 53.0 Å². The number of hydrogen-bond acceptors (Lipinski definition) is 6. The average molecular weight is 413 g/mol. The van der Waals surface area contributed by atoms with Gasteiger partial charge >= 0.3 is 0 Å². The van der Waals surface area contributed by atoms with Gasteiger partial charge in [-0.15, -0.1) is 0 Å². The van der Waals surface area contributed by atoms with Crippen molar-refractivity contribution in [3.8, 4) is 17.2 Å². The highest BCUT2D eigenvalue weighted by Gasteiger charge is 2.20. The summed E-state index contributed by atoms with van der Waals surface area (Å²) >= 11 is 0. The summed E-state index contributed by atoms with van der Waals surface area (Å²) in [6.45, 7) is 7.57. The molecule has 1 atom stereocenters. The Bertz CT molecular complexity index is 1050. The van der Waals surface area contributed by atoms with E-state index in [0.29, 0.717) is 22.8 Å². The van der Waals surface area contributed by atoms with Crippen LogP contribution in [0.5, 0.6) is 0 Å². The fraction of sp³-hybridized carbons (Fsp3) is 0.450. The van der Waals surface area contributed by atoms with Gasteiger partial charge in [0.1, 0.15) is 12.9 Å². The number of hydrogen-bond donors (Lipinski definition) is 3. The molecule has 1 amide bonds. The van der Waals surface area contributed by atoms with Gasteiger partial charge in [-0.1, -0.05) is 27.7 Å². The first-order chi connectivity index (χ1) is 14.3. The lowest BCUT2D eigenvalue weighted by Gasteiger charge is -2.19. The maximum atomic E-state index is 12.7. The van der Waals surface area contributed by atoms with E-state index in [0.717, 1.165) is 0 Å². The number of aliphatic hydroxyl groups excluding tert-OH is 1. The third-order valence-corrected chi connectivity index (χ3v) is 4.83. The standard InChI is InChI=1S/C20H27N7O3/c1-12(2)15(10-28)23-16(29)9-27-8-14(7-22-27)18-17(13(3)4)19(30)25-20(24-18)26-6-5-21-11-26/h5-8,11-13,15,28H,9-10H2,1-4H3,(H,23,29)(H,24,25,30). The number of rotatable bonds is 8. The maximum Gasteiger partial charge on any atom is 0.256 e. The summed E-state index contributed by atoms with van der Waals surface area (Å²) in [7, 11) is 0. The zero-order valence-electron chi connectivity index (χ0n) is 17.5. The number of amides is 1. The second-order valence-corrected chi connectivity index (χ2v) is 7.80. The molecule has 3 heterocycles. The molecule has 0 aliphatic carbocycles. The van der Waals surface area contributed by atoms with Crippen LogP contribution in [-0.2, 0) is 11.3 Å². The number of nitrogens with zero attached hydrogens (tertiary/aromatic N) is 5. The van der Waals surface area contributed by atoms with Crippen LogP contribution in [0.4, 0.5) is 0 Å². The minimum atomic E-state index is -0.313. The van der Waals surface area contributed by atoms with Crippen LogP contribution in [0.2, 0.25) is 0 Å². The Balaban J connectivity index is 1.90. The quantitative estimate of drug-likeness (QED) is 0.506. The van der Waals surface area contributed by atoms with Gasteiger partial charge in [0.25, 0.3) is 5.56 Å². The molecule has 3 N–H and O–H groups in total. The molecule has 0 bridgehead atoms. The third-order valence-electron chi connectivity index (χ3n) is 4.83. The third kappa shape index (κ3) is 4.65. The number of carbonyl (C=O) groups excluding carboxylic acids is 1. The normalized spacial score (nSPS) is 12.5. The van der Waals surface area contributed by atoms with Crippen molar-refractivity contribution in [1.82, 2.24) is 34.6 Å². The molecule has 0 aliphatic rings. The van der Waals surface area contributed by atoms with Crippen LogP contribution in [0.25, 0.3) is 17.2 Å². The lowest BCUT2D eigenvalue weighted by molar-refractivity contribution is -0.123. The SMILES string of the molecule is CC(C)c1c(-c2cnn(CC(=O)NC(CO)C(C)C)c2)nc(-n2ccnc2)[nH]c1=O. The Labute approximate surface area is 174 Å². The van der Waals surface area contributed by atoms with Crippen molar-refractivity contribution in [2.45, 2.75) is 46.2 Å². The topological polar surface area (TPSA) is 131 Å². The molecule has 0 saturated carbocycles. The first-order valence-electron chi connectivity index (χ1n) is 9.85. The first kappa shape index (κ1) is 21.4. The van der Waals surface area contributed by atoms with Crippen LogP contribution in [0.3, 0.4) is 0 Å². The number of nitrogens with one attached hydrogen (secondary N) is 2. The molecule has 1 unspecified atom stereocenters. The molecule has 10 nitrogen and oxygen atoms in total. The van der Waals surface area contributed by atoms with Crippen LogP contribution in [0, 0.1) is 5.92 Å². The highest BCUT2D eigenvalue weighted by molar-refractivity contribution is 5.76. The Morgan fingerprint density at radius 3 is 2.67 bits per heavy atom. The molecule has 3 rings (SSSR count). The highest BCUT2D eigenvalue weighted by atomic mass is 16.3. The van der Waals surface area contributed by atoms with Crippen molar-refractivity contribution < 1.29 is 9.90 Å². The largest absolute Gasteiger partial charge is 0.394 e. The lowest BCUT2D eigenvalue weighted by atomic mass is 10.0. The number of H-pyrrole nitrogens is 1. The van der Waals surface area contributed by atoms with Crippen LogP contribution in [0.15, 0.2) is 35.9 Å². The van der Waals surface area contributed by atoms with Crippen molar-refractivity contribution in [1.29, 1.82) is 0 Å². The Morgan fingerprint density at radius 2 is 2.07 bits per heavy atom. The van der Waals surface area contributed by atoms with E-state index in [1.54, 1.807) is 35.7 Å². The summed E-state index contributed by atoms with van der Waals surface area (Å²) in [6, 6.07) is -0.313. The summed E-state index contributed by atoms with van der Waals surface area (Å²) in [5.41, 5.74) is 1.47. The molecule has 0 aromatic carbocycles. The van der Waals surface area contributed by atoms with Gasteiger partial charge in [0.15, 0.2) is 0 Å². The van der Waals surface area contributed by atoms with Crippen LogP contribution >= 0.6 is 0 Å². The van der Waals surface area contributed by atoms with Gasteiger partial charge in [0.2, 0.25) is 11.9 Å². The van der Waals surface area contributed by atoms with Gasteiger partial charge in [-0.05, 0) is 11.8 Å². The van der Waals surface area contributed by atoms with Gasteiger partial charge in [-0.25, -0.2) is 9.97 Å². The minimum absolute atomic E-state index is 0.00218. The molecular formula is C20H27N7O3. The van der Waals surface area contributed by atoms with Crippen LogP contribution < -0.4 is 10.9 Å². The smallest absolute Gasteiger partial charge is 0.256 e. The Morgan fingerprint density at radius 1 is 1.30 bits per heavy atom. The lowest BCUT2D eigenvalue weighted by Crippen LogP contribution is -2.42. The van der Waals surface area contributed by atoms with Crippen molar-refractivity contribution in [3.63, 3.8) is 0 Å². The molecule has 160 valence electrons. The highest BCUT2D eigenvalue weighted by Crippen LogP contribution is 2.25. The van der Waals surface area contributed by atoms with E-state index in [9.17, 15) is 14.7 Å². The molecule has 0 fully saturated rings. The number of imidazole rings is 1. The number of aromatic nitrogens is 6. The molecular weight excluding hydrogens is 386 g/mol. The summed E-state index contributed by atoms with van der Waals surface area (Å²) in [6.07, 6.45) is 8.12. The van der Waals surface area contributed by atoms with E-state index in [-0.39, 0.29) is 42.5 Å². The van der Waals surface area contributed by atoms with Crippen molar-refractivity contribution >= 4 is 5.91 Å². The monoisotopic (exact) mass is 413 g/mol. The van der Waals surface area contributed by atoms with Gasteiger partial charge < -0.3 is 10.4 Å². The predicted octanol–water partition coefficient (Wildman–Crippen LogP) is 1.08. The maximum absolute atomic E-state index is 12.7. The fourth-order valence-corrected chi connectivity index (χ4v) is 3.13. The van der Waals surface area contributed by atoms with E-state index >= 15 is 0 Å². The summed E-state index contributed by atoms with van der Waals surface area (Å²) < 4.78 is 3.11. The molecule has 0 aliphatic heterocycles. The minimum Gasteiger partial charge on any atom is -0.394 e. The van der Waals surface area contributed by atoms with E-state index in [1.165, 1.54) is 4.68 Å². The average Bonchev–Trinajstić information content (AvgIpc) is 3.37. The fourth-order valence-electron chi connectivity index (χ4n) is 3.13. The number of aromatic amines is 1. The molecule has 0 radical (unpaired) electrons. The number of carbonyl (C=O) groups is 1. The predicted molar refractivity (Wildman–Crippen MR) is 111 cm³/mol. The Hall–Kier alpha value is -3.27. The second kappa shape index (κ2) is 9.04. The second-order valence-electron chi connectivity index (χ2n) is 7.80. The van der Waals surface area contributed by atoms with E-state index in [1.807, 2.05) is 27.7 Å². The first-order valence-corrected chi connectivity index (χ1v) is 9.85. The van der Waals surface area contributed by atoms with Crippen molar-refractivity contribution in [2.75, 3.05) is 6.61 Å². The van der Waals surface area contributed by atoms with E-state index in [2.05, 4.69) is 25.4 Å². The summed E-state index contributed by atoms with van der Waals surface area (Å²) in [5.74, 6) is 0.156. The molecule has 0 saturated heterocycles. The number of aliphatic hydroxyl groups is 1. The molecule has 3 aromatic rings. The van der Waals surface area contributed by atoms with Gasteiger partial charge in [0.05, 0.1) is 24.5 Å². The Kier molecular flexibility index (Phi) is 6.46. The van der Waals surface area contributed by atoms with Crippen LogP contribution in [0.1, 0.15) is 39.2 Å². The van der Waals surface area contributed by atoms with Crippen molar-refractivity contribution in [2.24, 2.45) is 5.92 Å². The summed E-state index contributed by atoms with van der Waals surface area (Å²) in [5, 5.41) is 16.4. The van der Waals surface area contributed by atoms with Gasteiger partial charge in [0, 0.05) is 29.7 Å². The summed E-state index contributed by atoms with van der Waals surface area (Å²) in [4.78, 5) is 36.4.